The Kier molecular flexibility index (Phi) is 2.92. The highest BCUT2D eigenvalue weighted by Crippen LogP contribution is 2.42. The molecule has 2 aliphatic heterocycles. The summed E-state index contributed by atoms with van der Waals surface area (Å²) < 4.78 is 7.85. The van der Waals surface area contributed by atoms with Gasteiger partial charge in [0.2, 0.25) is 0 Å². The van der Waals surface area contributed by atoms with E-state index in [2.05, 4.69) is 12.0 Å². The monoisotopic (exact) mass is 269 g/mol. The quantitative estimate of drug-likeness (QED) is 0.914. The van der Waals surface area contributed by atoms with Crippen LogP contribution in [0.15, 0.2) is 0 Å². The molecule has 5 heteroatoms. The minimum absolute atomic E-state index is 0.194. The molecule has 18 heavy (non-hydrogen) atoms. The Bertz CT molecular complexity index is 473. The molecule has 0 saturated carbocycles. The summed E-state index contributed by atoms with van der Waals surface area (Å²) >= 11 is 6.36. The molecule has 3 rings (SSSR count). The highest BCUT2D eigenvalue weighted by molar-refractivity contribution is 6.31. The molecule has 4 nitrogen and oxygen atoms in total. The number of nitrogens with zero attached hydrogens (tertiary/aromatic N) is 2. The molecule has 2 fully saturated rings. The first kappa shape index (κ1) is 12.5. The van der Waals surface area contributed by atoms with Crippen LogP contribution in [-0.4, -0.2) is 27.5 Å². The Labute approximate surface area is 112 Å². The Morgan fingerprint density at radius 3 is 2.89 bits per heavy atom. The second kappa shape index (κ2) is 4.22. The highest BCUT2D eigenvalue weighted by atomic mass is 35.5. The van der Waals surface area contributed by atoms with E-state index >= 15 is 0 Å². The lowest BCUT2D eigenvalue weighted by Gasteiger charge is -2.31. The molecular formula is C13H20ClN3O. The number of hydrogen-bond acceptors (Lipinski definition) is 3. The normalized spacial score (nSPS) is 34.4. The van der Waals surface area contributed by atoms with Gasteiger partial charge in [-0.15, -0.1) is 0 Å². The van der Waals surface area contributed by atoms with Crippen LogP contribution in [0.1, 0.15) is 37.6 Å². The molecule has 0 aliphatic carbocycles. The van der Waals surface area contributed by atoms with Gasteiger partial charge in [0.05, 0.1) is 34.2 Å². The lowest BCUT2D eigenvalue weighted by Crippen LogP contribution is -2.50. The van der Waals surface area contributed by atoms with E-state index in [-0.39, 0.29) is 11.6 Å². The predicted molar refractivity (Wildman–Crippen MR) is 70.8 cm³/mol. The van der Waals surface area contributed by atoms with Gasteiger partial charge in [0.25, 0.3) is 0 Å². The van der Waals surface area contributed by atoms with Gasteiger partial charge in [-0.3, -0.25) is 4.68 Å². The number of rotatable bonds is 3. The van der Waals surface area contributed by atoms with Crippen molar-refractivity contribution in [2.24, 2.45) is 5.73 Å². The summed E-state index contributed by atoms with van der Waals surface area (Å²) in [6.07, 6.45) is 4.50. The second-order valence-corrected chi connectivity index (χ2v) is 5.98. The summed E-state index contributed by atoms with van der Waals surface area (Å²) in [6.45, 7) is 4.85. The molecule has 2 aliphatic rings. The summed E-state index contributed by atoms with van der Waals surface area (Å²) in [6, 6.07) is 0. The molecule has 0 spiro atoms. The third kappa shape index (κ3) is 1.78. The largest absolute Gasteiger partial charge is 0.373 e. The maximum absolute atomic E-state index is 6.55. The number of ether oxygens (including phenoxy) is 1. The first-order valence-corrected chi connectivity index (χ1v) is 7.07. The molecule has 3 atom stereocenters. The first-order valence-electron chi connectivity index (χ1n) is 6.69. The van der Waals surface area contributed by atoms with Gasteiger partial charge in [-0.1, -0.05) is 11.6 Å². The minimum atomic E-state index is -0.258. The summed E-state index contributed by atoms with van der Waals surface area (Å²) in [4.78, 5) is 0. The smallest absolute Gasteiger partial charge is 0.0847 e. The zero-order valence-electron chi connectivity index (χ0n) is 10.9. The number of halogens is 1. The Hall–Kier alpha value is -0.580. The summed E-state index contributed by atoms with van der Waals surface area (Å²) in [5.41, 5.74) is 8.25. The number of fused-ring (bicyclic) bond motifs is 2. The number of hydrogen-bond donors (Lipinski definition) is 1. The maximum atomic E-state index is 6.55. The Balaban J connectivity index is 1.88. The van der Waals surface area contributed by atoms with Gasteiger partial charge in [0, 0.05) is 13.0 Å². The average molecular weight is 270 g/mol. The lowest BCUT2D eigenvalue weighted by atomic mass is 9.79. The van der Waals surface area contributed by atoms with Crippen molar-refractivity contribution in [2.75, 3.05) is 0 Å². The van der Waals surface area contributed by atoms with Crippen LogP contribution in [0.4, 0.5) is 0 Å². The molecule has 0 aromatic carbocycles. The second-order valence-electron chi connectivity index (χ2n) is 5.60. The van der Waals surface area contributed by atoms with Gasteiger partial charge in [0.1, 0.15) is 0 Å². The van der Waals surface area contributed by atoms with Crippen LogP contribution in [-0.2, 0) is 17.7 Å². The third-order valence-corrected chi connectivity index (χ3v) is 4.80. The standard InChI is InChI=1S/C13H20ClN3O/c1-3-17-10(12(14)8(2)16-17)7-13(15)6-9-4-5-11(13)18-9/h9,11H,3-7,15H2,1-2H3. The van der Waals surface area contributed by atoms with Crippen molar-refractivity contribution in [3.05, 3.63) is 16.4 Å². The van der Waals surface area contributed by atoms with Crippen LogP contribution in [0.5, 0.6) is 0 Å². The Morgan fingerprint density at radius 2 is 2.33 bits per heavy atom. The van der Waals surface area contributed by atoms with Crippen molar-refractivity contribution in [3.63, 3.8) is 0 Å². The maximum Gasteiger partial charge on any atom is 0.0847 e. The van der Waals surface area contributed by atoms with E-state index in [4.69, 9.17) is 22.1 Å². The van der Waals surface area contributed by atoms with E-state index in [0.29, 0.717) is 6.10 Å². The van der Waals surface area contributed by atoms with Crippen LogP contribution in [0.2, 0.25) is 5.02 Å². The molecule has 1 aromatic heterocycles. The molecule has 2 saturated heterocycles. The van der Waals surface area contributed by atoms with Crippen molar-refractivity contribution in [1.29, 1.82) is 0 Å². The molecule has 3 unspecified atom stereocenters. The molecule has 1 aromatic rings. The van der Waals surface area contributed by atoms with Gasteiger partial charge >= 0.3 is 0 Å². The van der Waals surface area contributed by atoms with E-state index in [0.717, 1.165) is 48.6 Å². The lowest BCUT2D eigenvalue weighted by molar-refractivity contribution is 0.0852. The molecular weight excluding hydrogens is 250 g/mol. The van der Waals surface area contributed by atoms with Crippen LogP contribution in [0.25, 0.3) is 0 Å². The van der Waals surface area contributed by atoms with Crippen LogP contribution >= 0.6 is 11.6 Å². The molecule has 0 amide bonds. The van der Waals surface area contributed by atoms with Gasteiger partial charge in [-0.25, -0.2) is 0 Å². The molecule has 0 radical (unpaired) electrons. The van der Waals surface area contributed by atoms with Gasteiger partial charge < -0.3 is 10.5 Å². The summed E-state index contributed by atoms with van der Waals surface area (Å²) in [7, 11) is 0. The summed E-state index contributed by atoms with van der Waals surface area (Å²) in [5, 5.41) is 5.22. The molecule has 100 valence electrons. The first-order chi connectivity index (χ1) is 8.53. The Morgan fingerprint density at radius 1 is 1.56 bits per heavy atom. The van der Waals surface area contributed by atoms with Crippen LogP contribution < -0.4 is 5.73 Å². The van der Waals surface area contributed by atoms with E-state index in [1.807, 2.05) is 11.6 Å². The zero-order valence-corrected chi connectivity index (χ0v) is 11.7. The van der Waals surface area contributed by atoms with Gasteiger partial charge in [-0.2, -0.15) is 5.10 Å². The zero-order chi connectivity index (χ0) is 12.9. The van der Waals surface area contributed by atoms with Gasteiger partial charge in [0.15, 0.2) is 0 Å². The highest BCUT2D eigenvalue weighted by Gasteiger charge is 2.50. The van der Waals surface area contributed by atoms with Crippen molar-refractivity contribution in [2.45, 2.75) is 63.8 Å². The van der Waals surface area contributed by atoms with Crippen molar-refractivity contribution >= 4 is 11.6 Å². The van der Waals surface area contributed by atoms with Gasteiger partial charge in [-0.05, 0) is 33.1 Å². The van der Waals surface area contributed by atoms with E-state index < -0.39 is 0 Å². The van der Waals surface area contributed by atoms with Crippen LogP contribution in [0.3, 0.4) is 0 Å². The van der Waals surface area contributed by atoms with E-state index in [1.165, 1.54) is 0 Å². The minimum Gasteiger partial charge on any atom is -0.373 e. The topological polar surface area (TPSA) is 53.1 Å². The molecule has 2 bridgehead atoms. The molecule has 2 N–H and O–H groups in total. The van der Waals surface area contributed by atoms with E-state index in [1.54, 1.807) is 0 Å². The van der Waals surface area contributed by atoms with Crippen molar-refractivity contribution < 1.29 is 4.74 Å². The van der Waals surface area contributed by atoms with Crippen LogP contribution in [0, 0.1) is 6.92 Å². The van der Waals surface area contributed by atoms with Crippen molar-refractivity contribution in [1.82, 2.24) is 9.78 Å². The number of aryl methyl sites for hydroxylation is 2. The van der Waals surface area contributed by atoms with E-state index in [9.17, 15) is 0 Å². The third-order valence-electron chi connectivity index (χ3n) is 4.31. The fourth-order valence-corrected chi connectivity index (χ4v) is 3.57. The number of nitrogens with two attached hydrogens (primary N) is 1. The summed E-state index contributed by atoms with van der Waals surface area (Å²) in [5.74, 6) is 0. The number of aromatic nitrogens is 2. The SMILES string of the molecule is CCn1nc(C)c(Cl)c1CC1(N)CC2CCC1O2. The predicted octanol–water partition coefficient (Wildman–Crippen LogP) is 2.06. The molecule has 3 heterocycles. The van der Waals surface area contributed by atoms with Crippen molar-refractivity contribution in [3.8, 4) is 0 Å². The average Bonchev–Trinajstić information content (AvgIpc) is 2.98. The fourth-order valence-electron chi connectivity index (χ4n) is 3.37. The fraction of sp³-hybridized carbons (Fsp3) is 0.769.